The van der Waals surface area contributed by atoms with Crippen LogP contribution in [0.4, 0.5) is 10.1 Å². The zero-order valence-electron chi connectivity index (χ0n) is 16.8. The van der Waals surface area contributed by atoms with Gasteiger partial charge in [-0.15, -0.1) is 0 Å². The lowest BCUT2D eigenvalue weighted by molar-refractivity contribution is -0.113. The van der Waals surface area contributed by atoms with Gasteiger partial charge in [-0.3, -0.25) is 14.2 Å². The van der Waals surface area contributed by atoms with Crippen molar-refractivity contribution in [2.24, 2.45) is 0 Å². The van der Waals surface area contributed by atoms with Crippen LogP contribution in [-0.4, -0.2) is 21.2 Å². The molecule has 0 bridgehead atoms. The van der Waals surface area contributed by atoms with Crippen molar-refractivity contribution in [2.75, 3.05) is 11.1 Å². The number of aromatic nitrogens is 2. The molecular formula is C24H20FN3O2S. The molecule has 0 spiro atoms. The third-order valence-corrected chi connectivity index (χ3v) is 5.75. The summed E-state index contributed by atoms with van der Waals surface area (Å²) >= 11 is 1.16. The predicted octanol–water partition coefficient (Wildman–Crippen LogP) is 4.82. The summed E-state index contributed by atoms with van der Waals surface area (Å²) in [6.45, 7) is 2.07. The molecule has 0 aliphatic carbocycles. The average molecular weight is 434 g/mol. The topological polar surface area (TPSA) is 64.0 Å². The Kier molecular flexibility index (Phi) is 6.13. The number of nitrogens with one attached hydrogen (secondary N) is 1. The molecule has 31 heavy (non-hydrogen) atoms. The van der Waals surface area contributed by atoms with Crippen LogP contribution in [0.15, 0.2) is 82.7 Å². The number of para-hydroxylation sites is 1. The van der Waals surface area contributed by atoms with E-state index < -0.39 is 5.82 Å². The second-order valence-electron chi connectivity index (χ2n) is 6.92. The van der Waals surface area contributed by atoms with Crippen molar-refractivity contribution in [3.63, 3.8) is 0 Å². The summed E-state index contributed by atoms with van der Waals surface area (Å²) in [5.41, 5.74) is 2.67. The molecule has 1 aromatic heterocycles. The van der Waals surface area contributed by atoms with E-state index in [1.807, 2.05) is 24.3 Å². The fraction of sp³-hybridized carbons (Fsp3) is 0.125. The third-order valence-electron chi connectivity index (χ3n) is 4.81. The van der Waals surface area contributed by atoms with E-state index in [1.54, 1.807) is 24.3 Å². The zero-order chi connectivity index (χ0) is 21.8. The number of thioether (sulfide) groups is 1. The van der Waals surface area contributed by atoms with Crippen LogP contribution in [0.3, 0.4) is 0 Å². The van der Waals surface area contributed by atoms with Gasteiger partial charge in [0, 0.05) is 5.69 Å². The van der Waals surface area contributed by atoms with Crippen LogP contribution in [0.1, 0.15) is 12.5 Å². The minimum atomic E-state index is -0.395. The first-order chi connectivity index (χ1) is 15.0. The molecule has 1 amide bonds. The van der Waals surface area contributed by atoms with Crippen LogP contribution in [0.2, 0.25) is 0 Å². The first kappa shape index (κ1) is 20.8. The van der Waals surface area contributed by atoms with Gasteiger partial charge in [0.25, 0.3) is 5.56 Å². The van der Waals surface area contributed by atoms with Crippen molar-refractivity contribution in [3.05, 3.63) is 94.5 Å². The Morgan fingerprint density at radius 3 is 2.45 bits per heavy atom. The summed E-state index contributed by atoms with van der Waals surface area (Å²) in [5, 5.41) is 3.68. The van der Waals surface area contributed by atoms with Crippen LogP contribution in [0.5, 0.6) is 0 Å². The highest BCUT2D eigenvalue weighted by Gasteiger charge is 2.15. The Hall–Kier alpha value is -3.45. The van der Waals surface area contributed by atoms with E-state index in [4.69, 9.17) is 0 Å². The van der Waals surface area contributed by atoms with Crippen LogP contribution in [0, 0.1) is 5.82 Å². The maximum Gasteiger partial charge on any atom is 0.266 e. The first-order valence-electron chi connectivity index (χ1n) is 9.84. The Bertz CT molecular complexity index is 1290. The van der Waals surface area contributed by atoms with Crippen molar-refractivity contribution >= 4 is 34.3 Å². The number of anilines is 1. The highest BCUT2D eigenvalue weighted by atomic mass is 32.2. The fourth-order valence-corrected chi connectivity index (χ4v) is 3.99. The molecule has 3 aromatic carbocycles. The number of benzene rings is 3. The standard InChI is InChI=1S/C24H20FN3O2S/c1-2-16-7-11-18(12-8-16)26-22(29)15-31-24-27-21-6-4-3-5-20(21)23(30)28(24)19-13-9-17(25)10-14-19/h3-14H,2,15H2,1H3,(H,26,29). The van der Waals surface area contributed by atoms with Gasteiger partial charge >= 0.3 is 0 Å². The van der Waals surface area contributed by atoms with E-state index in [-0.39, 0.29) is 17.2 Å². The highest BCUT2D eigenvalue weighted by Crippen LogP contribution is 2.22. The third kappa shape index (κ3) is 4.67. The highest BCUT2D eigenvalue weighted by molar-refractivity contribution is 7.99. The molecule has 156 valence electrons. The molecule has 1 N–H and O–H groups in total. The number of fused-ring (bicyclic) bond motifs is 1. The minimum Gasteiger partial charge on any atom is -0.325 e. The summed E-state index contributed by atoms with van der Waals surface area (Å²) in [6, 6.07) is 20.3. The summed E-state index contributed by atoms with van der Waals surface area (Å²) in [4.78, 5) is 30.2. The van der Waals surface area contributed by atoms with Crippen LogP contribution in [0.25, 0.3) is 16.6 Å². The number of amides is 1. The van der Waals surface area contributed by atoms with Gasteiger partial charge in [-0.1, -0.05) is 43.0 Å². The molecule has 0 radical (unpaired) electrons. The lowest BCUT2D eigenvalue weighted by Gasteiger charge is -2.13. The number of nitrogens with zero attached hydrogens (tertiary/aromatic N) is 2. The van der Waals surface area contributed by atoms with Crippen LogP contribution >= 0.6 is 11.8 Å². The normalized spacial score (nSPS) is 10.9. The largest absolute Gasteiger partial charge is 0.325 e. The van der Waals surface area contributed by atoms with Crippen molar-refractivity contribution in [3.8, 4) is 5.69 Å². The molecular weight excluding hydrogens is 413 g/mol. The van der Waals surface area contributed by atoms with Gasteiger partial charge in [-0.05, 0) is 60.5 Å². The second-order valence-corrected chi connectivity index (χ2v) is 7.86. The Balaban J connectivity index is 1.62. The molecule has 7 heteroatoms. The average Bonchev–Trinajstić information content (AvgIpc) is 2.79. The van der Waals surface area contributed by atoms with E-state index in [0.717, 1.165) is 18.2 Å². The maximum atomic E-state index is 13.4. The smallest absolute Gasteiger partial charge is 0.266 e. The van der Waals surface area contributed by atoms with Crippen molar-refractivity contribution in [1.29, 1.82) is 0 Å². The molecule has 4 aromatic rings. The van der Waals surface area contributed by atoms with E-state index in [2.05, 4.69) is 17.2 Å². The summed E-state index contributed by atoms with van der Waals surface area (Å²) in [5.74, 6) is -0.530. The van der Waals surface area contributed by atoms with E-state index in [1.165, 1.54) is 34.4 Å². The van der Waals surface area contributed by atoms with E-state index in [9.17, 15) is 14.0 Å². The number of hydrogen-bond acceptors (Lipinski definition) is 4. The molecule has 1 heterocycles. The van der Waals surface area contributed by atoms with Gasteiger partial charge in [0.2, 0.25) is 5.91 Å². The second kappa shape index (κ2) is 9.14. The van der Waals surface area contributed by atoms with Gasteiger partial charge in [-0.2, -0.15) is 0 Å². The SMILES string of the molecule is CCc1ccc(NC(=O)CSc2nc3ccccc3c(=O)n2-c2ccc(F)cc2)cc1. The summed E-state index contributed by atoms with van der Waals surface area (Å²) in [7, 11) is 0. The summed E-state index contributed by atoms with van der Waals surface area (Å²) < 4.78 is 14.8. The molecule has 0 aliphatic heterocycles. The van der Waals surface area contributed by atoms with Gasteiger partial charge in [0.05, 0.1) is 22.3 Å². The van der Waals surface area contributed by atoms with Crippen molar-refractivity contribution in [2.45, 2.75) is 18.5 Å². The molecule has 0 unspecified atom stereocenters. The number of rotatable bonds is 6. The van der Waals surface area contributed by atoms with Crippen LogP contribution < -0.4 is 10.9 Å². The Labute approximate surface area is 182 Å². The van der Waals surface area contributed by atoms with E-state index >= 15 is 0 Å². The van der Waals surface area contributed by atoms with Crippen molar-refractivity contribution in [1.82, 2.24) is 9.55 Å². The number of halogens is 1. The quantitative estimate of drug-likeness (QED) is 0.350. The predicted molar refractivity (Wildman–Crippen MR) is 122 cm³/mol. The fourth-order valence-electron chi connectivity index (χ4n) is 3.18. The molecule has 4 rings (SSSR count). The van der Waals surface area contributed by atoms with Gasteiger partial charge in [0.15, 0.2) is 5.16 Å². The number of aryl methyl sites for hydroxylation is 1. The zero-order valence-corrected chi connectivity index (χ0v) is 17.7. The minimum absolute atomic E-state index is 0.0709. The molecule has 5 nitrogen and oxygen atoms in total. The Morgan fingerprint density at radius 1 is 1.03 bits per heavy atom. The lowest BCUT2D eigenvalue weighted by atomic mass is 10.1. The van der Waals surface area contributed by atoms with E-state index in [0.29, 0.717) is 27.4 Å². The van der Waals surface area contributed by atoms with Gasteiger partial charge in [-0.25, -0.2) is 9.37 Å². The van der Waals surface area contributed by atoms with Gasteiger partial charge < -0.3 is 5.32 Å². The number of hydrogen-bond donors (Lipinski definition) is 1. The van der Waals surface area contributed by atoms with Crippen molar-refractivity contribution < 1.29 is 9.18 Å². The maximum absolute atomic E-state index is 13.4. The number of carbonyl (C=O) groups excluding carboxylic acids is 1. The first-order valence-corrected chi connectivity index (χ1v) is 10.8. The monoisotopic (exact) mass is 433 g/mol. The molecule has 0 atom stereocenters. The Morgan fingerprint density at radius 2 is 1.74 bits per heavy atom. The molecule has 0 aliphatic rings. The number of carbonyl (C=O) groups is 1. The van der Waals surface area contributed by atoms with Gasteiger partial charge in [0.1, 0.15) is 5.82 Å². The molecule has 0 saturated carbocycles. The van der Waals surface area contributed by atoms with Crippen LogP contribution in [-0.2, 0) is 11.2 Å². The lowest BCUT2D eigenvalue weighted by Crippen LogP contribution is -2.23. The summed E-state index contributed by atoms with van der Waals surface area (Å²) in [6.07, 6.45) is 0.929. The molecule has 0 fully saturated rings. The molecule has 0 saturated heterocycles.